The van der Waals surface area contributed by atoms with Crippen LogP contribution in [-0.4, -0.2) is 23.3 Å². The number of carbonyl (C=O) groups excluding carboxylic acids is 2. The number of hydrogen-bond acceptors (Lipinski definition) is 3. The molecule has 1 aromatic carbocycles. The zero-order valence-corrected chi connectivity index (χ0v) is 12.2. The van der Waals surface area contributed by atoms with E-state index in [1.807, 2.05) is 32.9 Å². The van der Waals surface area contributed by atoms with Gasteiger partial charge in [0.25, 0.3) is 0 Å². The van der Waals surface area contributed by atoms with Crippen molar-refractivity contribution in [3.05, 3.63) is 35.5 Å². The van der Waals surface area contributed by atoms with E-state index in [-0.39, 0.29) is 11.8 Å². The summed E-state index contributed by atoms with van der Waals surface area (Å²) in [4.78, 5) is 26.9. The van der Waals surface area contributed by atoms with E-state index in [0.29, 0.717) is 17.9 Å². The molecule has 0 unspecified atom stereocenters. The van der Waals surface area contributed by atoms with Crippen molar-refractivity contribution in [1.29, 1.82) is 0 Å². The van der Waals surface area contributed by atoms with Crippen LogP contribution in [0.5, 0.6) is 0 Å². The lowest BCUT2D eigenvalue weighted by Gasteiger charge is -2.16. The van der Waals surface area contributed by atoms with Gasteiger partial charge >= 0.3 is 5.97 Å². The summed E-state index contributed by atoms with van der Waals surface area (Å²) in [5.74, 6) is -0.300. The molecule has 4 nitrogen and oxygen atoms in total. The lowest BCUT2D eigenvalue weighted by molar-refractivity contribution is 0.0520. The molecule has 2 rings (SSSR count). The third-order valence-electron chi connectivity index (χ3n) is 3.06. The van der Waals surface area contributed by atoms with Gasteiger partial charge in [0.2, 0.25) is 0 Å². The Balaban J connectivity index is 2.40. The van der Waals surface area contributed by atoms with Crippen LogP contribution in [-0.2, 0) is 4.74 Å². The summed E-state index contributed by atoms with van der Waals surface area (Å²) < 4.78 is 4.95. The van der Waals surface area contributed by atoms with Crippen molar-refractivity contribution in [1.82, 2.24) is 4.98 Å². The van der Waals surface area contributed by atoms with Gasteiger partial charge in [-0.3, -0.25) is 4.79 Å². The number of esters is 1. The molecule has 0 fully saturated rings. The van der Waals surface area contributed by atoms with Crippen LogP contribution < -0.4 is 0 Å². The van der Waals surface area contributed by atoms with E-state index < -0.39 is 5.41 Å². The van der Waals surface area contributed by atoms with E-state index in [1.54, 1.807) is 19.1 Å². The first-order chi connectivity index (χ1) is 9.32. The second-order valence-electron chi connectivity index (χ2n) is 5.78. The SMILES string of the molecule is CCOC(=O)c1cc2cc(C(=O)C(C)(C)C)ccc2[nH]1. The molecular formula is C16H19NO3. The van der Waals surface area contributed by atoms with E-state index in [1.165, 1.54) is 0 Å². The first kappa shape index (κ1) is 14.3. The molecule has 20 heavy (non-hydrogen) atoms. The van der Waals surface area contributed by atoms with Gasteiger partial charge in [-0.2, -0.15) is 0 Å². The van der Waals surface area contributed by atoms with E-state index in [0.717, 1.165) is 10.9 Å². The van der Waals surface area contributed by atoms with Crippen molar-refractivity contribution in [3.8, 4) is 0 Å². The molecule has 106 valence electrons. The highest BCUT2D eigenvalue weighted by atomic mass is 16.5. The third-order valence-corrected chi connectivity index (χ3v) is 3.06. The quantitative estimate of drug-likeness (QED) is 0.687. The molecule has 0 atom stereocenters. The number of ether oxygens (including phenoxy) is 1. The van der Waals surface area contributed by atoms with Gasteiger partial charge in [-0.05, 0) is 31.2 Å². The molecule has 0 spiro atoms. The molecule has 4 heteroatoms. The molecule has 0 aliphatic rings. The average molecular weight is 273 g/mol. The lowest BCUT2D eigenvalue weighted by atomic mass is 9.86. The summed E-state index contributed by atoms with van der Waals surface area (Å²) >= 11 is 0. The van der Waals surface area contributed by atoms with E-state index in [4.69, 9.17) is 4.74 Å². The van der Waals surface area contributed by atoms with Crippen LogP contribution in [0, 0.1) is 5.41 Å². The number of Topliss-reactive ketones (excluding diaryl/α,β-unsaturated/α-hetero) is 1. The Morgan fingerprint density at radius 1 is 1.20 bits per heavy atom. The number of ketones is 1. The highest BCUT2D eigenvalue weighted by Gasteiger charge is 2.23. The third kappa shape index (κ3) is 2.74. The fourth-order valence-electron chi connectivity index (χ4n) is 2.03. The Labute approximate surface area is 118 Å². The highest BCUT2D eigenvalue weighted by molar-refractivity contribution is 6.03. The Hall–Kier alpha value is -2.10. The van der Waals surface area contributed by atoms with E-state index in [9.17, 15) is 9.59 Å². The van der Waals surface area contributed by atoms with Crippen LogP contribution in [0.15, 0.2) is 24.3 Å². The zero-order chi connectivity index (χ0) is 14.9. The van der Waals surface area contributed by atoms with Gasteiger partial charge < -0.3 is 9.72 Å². The van der Waals surface area contributed by atoms with Crippen molar-refractivity contribution in [2.45, 2.75) is 27.7 Å². The van der Waals surface area contributed by atoms with Crippen molar-refractivity contribution in [2.75, 3.05) is 6.61 Å². The normalized spacial score (nSPS) is 11.6. The summed E-state index contributed by atoms with van der Waals surface area (Å²) in [6.45, 7) is 7.77. The number of benzene rings is 1. The van der Waals surface area contributed by atoms with Gasteiger partial charge in [0.1, 0.15) is 5.69 Å². The van der Waals surface area contributed by atoms with Crippen molar-refractivity contribution in [2.24, 2.45) is 5.41 Å². The smallest absolute Gasteiger partial charge is 0.354 e. The summed E-state index contributed by atoms with van der Waals surface area (Å²) in [7, 11) is 0. The number of H-pyrrole nitrogens is 1. The number of carbonyl (C=O) groups is 2. The number of hydrogen-bond donors (Lipinski definition) is 1. The second-order valence-corrected chi connectivity index (χ2v) is 5.78. The van der Waals surface area contributed by atoms with Crippen molar-refractivity contribution in [3.63, 3.8) is 0 Å². The standard InChI is InChI=1S/C16H19NO3/c1-5-20-15(19)13-9-11-8-10(6-7-12(11)17-13)14(18)16(2,3)4/h6-9,17H,5H2,1-4H3. The fourth-order valence-corrected chi connectivity index (χ4v) is 2.03. The van der Waals surface area contributed by atoms with Crippen LogP contribution in [0.4, 0.5) is 0 Å². The summed E-state index contributed by atoms with van der Waals surface area (Å²) in [6.07, 6.45) is 0. The van der Waals surface area contributed by atoms with Crippen LogP contribution in [0.2, 0.25) is 0 Å². The van der Waals surface area contributed by atoms with Gasteiger partial charge in [-0.25, -0.2) is 4.79 Å². The van der Waals surface area contributed by atoms with Crippen LogP contribution in [0.3, 0.4) is 0 Å². The minimum absolute atomic E-state index is 0.0817. The summed E-state index contributed by atoms with van der Waals surface area (Å²) in [5.41, 5.74) is 1.45. The molecular weight excluding hydrogens is 254 g/mol. The Morgan fingerprint density at radius 2 is 1.90 bits per heavy atom. The van der Waals surface area contributed by atoms with Gasteiger partial charge in [0, 0.05) is 21.9 Å². The fraction of sp³-hybridized carbons (Fsp3) is 0.375. The number of nitrogens with one attached hydrogen (secondary N) is 1. The van der Waals surface area contributed by atoms with Crippen molar-refractivity contribution < 1.29 is 14.3 Å². The minimum Gasteiger partial charge on any atom is -0.461 e. The molecule has 0 aliphatic carbocycles. The van der Waals surface area contributed by atoms with E-state index in [2.05, 4.69) is 4.98 Å². The number of aromatic nitrogens is 1. The molecule has 1 heterocycles. The minimum atomic E-state index is -0.423. The molecule has 0 bridgehead atoms. The lowest BCUT2D eigenvalue weighted by Crippen LogP contribution is -2.19. The highest BCUT2D eigenvalue weighted by Crippen LogP contribution is 2.24. The van der Waals surface area contributed by atoms with Crippen LogP contribution >= 0.6 is 0 Å². The maximum absolute atomic E-state index is 12.3. The summed E-state index contributed by atoms with van der Waals surface area (Å²) in [6, 6.07) is 7.12. The van der Waals surface area contributed by atoms with E-state index >= 15 is 0 Å². The number of rotatable bonds is 3. The second kappa shape index (κ2) is 5.12. The van der Waals surface area contributed by atoms with Crippen LogP contribution in [0.1, 0.15) is 48.5 Å². The predicted octanol–water partition coefficient (Wildman–Crippen LogP) is 3.57. The van der Waals surface area contributed by atoms with Gasteiger partial charge in [0.15, 0.2) is 5.78 Å². The first-order valence-electron chi connectivity index (χ1n) is 6.67. The molecule has 0 radical (unpaired) electrons. The Morgan fingerprint density at radius 3 is 2.50 bits per heavy atom. The monoisotopic (exact) mass is 273 g/mol. The molecule has 0 saturated carbocycles. The summed E-state index contributed by atoms with van der Waals surface area (Å²) in [5, 5.41) is 0.836. The molecule has 2 aromatic rings. The Kier molecular flexibility index (Phi) is 3.66. The maximum atomic E-state index is 12.3. The Bertz CT molecular complexity index is 662. The maximum Gasteiger partial charge on any atom is 0.354 e. The van der Waals surface area contributed by atoms with Gasteiger partial charge in [-0.1, -0.05) is 20.8 Å². The zero-order valence-electron chi connectivity index (χ0n) is 12.2. The topological polar surface area (TPSA) is 59.2 Å². The number of aromatic amines is 1. The molecule has 1 aromatic heterocycles. The molecule has 1 N–H and O–H groups in total. The van der Waals surface area contributed by atoms with Gasteiger partial charge in [-0.15, -0.1) is 0 Å². The first-order valence-corrected chi connectivity index (χ1v) is 6.67. The molecule has 0 amide bonds. The van der Waals surface area contributed by atoms with Crippen LogP contribution in [0.25, 0.3) is 10.9 Å². The number of fused-ring (bicyclic) bond motifs is 1. The average Bonchev–Trinajstić information content (AvgIpc) is 2.79. The van der Waals surface area contributed by atoms with Gasteiger partial charge in [0.05, 0.1) is 6.61 Å². The largest absolute Gasteiger partial charge is 0.461 e. The molecule has 0 saturated heterocycles. The molecule has 0 aliphatic heterocycles. The van der Waals surface area contributed by atoms with Crippen molar-refractivity contribution >= 4 is 22.7 Å². The predicted molar refractivity (Wildman–Crippen MR) is 78.0 cm³/mol.